The summed E-state index contributed by atoms with van der Waals surface area (Å²) in [6, 6.07) is 18.4. The molecule has 3 aromatic rings. The predicted molar refractivity (Wildman–Crippen MR) is 116 cm³/mol. The Bertz CT molecular complexity index is 1220. The van der Waals surface area contributed by atoms with E-state index in [4.69, 9.17) is 4.74 Å². The van der Waals surface area contributed by atoms with Crippen LogP contribution in [0, 0.1) is 0 Å². The third kappa shape index (κ3) is 5.20. The second-order valence-corrected chi connectivity index (χ2v) is 8.04. The fraction of sp³-hybridized carbons (Fsp3) is 0.0909. The fourth-order valence-electron chi connectivity index (χ4n) is 2.78. The number of hydrogen-bond acceptors (Lipinski definition) is 6. The van der Waals surface area contributed by atoms with Crippen molar-refractivity contribution in [2.45, 2.75) is 4.90 Å². The van der Waals surface area contributed by atoms with E-state index in [0.29, 0.717) is 11.4 Å². The van der Waals surface area contributed by atoms with Crippen LogP contribution in [-0.4, -0.2) is 34.5 Å². The van der Waals surface area contributed by atoms with Gasteiger partial charge < -0.3 is 14.8 Å². The summed E-state index contributed by atoms with van der Waals surface area (Å²) in [5.41, 5.74) is 0.798. The van der Waals surface area contributed by atoms with Crippen LogP contribution in [0.4, 0.5) is 11.4 Å². The number of carbonyl (C=O) groups excluding carboxylic acids is 2. The van der Waals surface area contributed by atoms with Crippen molar-refractivity contribution in [3.8, 4) is 5.75 Å². The van der Waals surface area contributed by atoms with Gasteiger partial charge in [-0.2, -0.15) is 0 Å². The zero-order valence-electron chi connectivity index (χ0n) is 16.8. The standard InChI is InChI=1S/C22H20N2O6S/c1-29-17-9-6-8-16(14-17)23-21(25)19-11-3-4-12-20(19)24-31(27,28)18-10-5-7-15(13-18)22(26)30-2/h3-14,24H,1-2H3,(H,23,25). The van der Waals surface area contributed by atoms with E-state index in [9.17, 15) is 18.0 Å². The van der Waals surface area contributed by atoms with Crippen LogP contribution in [0.3, 0.4) is 0 Å². The quantitative estimate of drug-likeness (QED) is 0.544. The molecule has 0 aliphatic heterocycles. The summed E-state index contributed by atoms with van der Waals surface area (Å²) in [4.78, 5) is 24.4. The molecule has 0 spiro atoms. The van der Waals surface area contributed by atoms with Crippen molar-refractivity contribution in [2.24, 2.45) is 0 Å². The molecule has 0 bridgehead atoms. The Morgan fingerprint density at radius 2 is 1.61 bits per heavy atom. The van der Waals surface area contributed by atoms with Gasteiger partial charge in [-0.05, 0) is 42.5 Å². The fourth-order valence-corrected chi connectivity index (χ4v) is 3.91. The molecule has 8 nitrogen and oxygen atoms in total. The maximum Gasteiger partial charge on any atom is 0.337 e. The van der Waals surface area contributed by atoms with Crippen molar-refractivity contribution >= 4 is 33.3 Å². The lowest BCUT2D eigenvalue weighted by molar-refractivity contribution is 0.0600. The average molecular weight is 440 g/mol. The summed E-state index contributed by atoms with van der Waals surface area (Å²) in [5, 5.41) is 2.72. The Hall–Kier alpha value is -3.85. The van der Waals surface area contributed by atoms with Crippen LogP contribution in [0.25, 0.3) is 0 Å². The number of rotatable bonds is 7. The molecule has 31 heavy (non-hydrogen) atoms. The van der Waals surface area contributed by atoms with Gasteiger partial charge in [0.25, 0.3) is 15.9 Å². The summed E-state index contributed by atoms with van der Waals surface area (Å²) in [6.07, 6.45) is 0. The monoisotopic (exact) mass is 440 g/mol. The van der Waals surface area contributed by atoms with E-state index in [2.05, 4.69) is 14.8 Å². The molecule has 160 valence electrons. The molecule has 0 aromatic heterocycles. The molecule has 3 aromatic carbocycles. The number of benzene rings is 3. The van der Waals surface area contributed by atoms with Crippen LogP contribution in [-0.2, 0) is 14.8 Å². The number of amides is 1. The summed E-state index contributed by atoms with van der Waals surface area (Å²) in [6.45, 7) is 0. The van der Waals surface area contributed by atoms with Crippen molar-refractivity contribution in [1.29, 1.82) is 0 Å². The van der Waals surface area contributed by atoms with Crippen molar-refractivity contribution < 1.29 is 27.5 Å². The Kier molecular flexibility index (Phi) is 6.56. The first-order valence-electron chi connectivity index (χ1n) is 9.09. The predicted octanol–water partition coefficient (Wildman–Crippen LogP) is 3.53. The average Bonchev–Trinajstić information content (AvgIpc) is 2.78. The lowest BCUT2D eigenvalue weighted by Gasteiger charge is -2.13. The first-order valence-corrected chi connectivity index (χ1v) is 10.6. The van der Waals surface area contributed by atoms with Crippen molar-refractivity contribution in [1.82, 2.24) is 0 Å². The molecule has 3 rings (SSSR count). The van der Waals surface area contributed by atoms with Crippen molar-refractivity contribution in [2.75, 3.05) is 24.3 Å². The minimum atomic E-state index is -4.07. The van der Waals surface area contributed by atoms with E-state index < -0.39 is 21.9 Å². The van der Waals surface area contributed by atoms with Gasteiger partial charge in [-0.25, -0.2) is 13.2 Å². The zero-order chi connectivity index (χ0) is 22.4. The summed E-state index contributed by atoms with van der Waals surface area (Å²) < 4.78 is 37.9. The Morgan fingerprint density at radius 1 is 0.871 bits per heavy atom. The second-order valence-electron chi connectivity index (χ2n) is 6.36. The maximum absolute atomic E-state index is 12.9. The molecule has 0 saturated carbocycles. The van der Waals surface area contributed by atoms with Crippen LogP contribution in [0.1, 0.15) is 20.7 Å². The molecular formula is C22H20N2O6S. The van der Waals surface area contributed by atoms with Crippen LogP contribution in [0.2, 0.25) is 0 Å². The van der Waals surface area contributed by atoms with Gasteiger partial charge in [0.1, 0.15) is 5.75 Å². The van der Waals surface area contributed by atoms with Crippen molar-refractivity contribution in [3.63, 3.8) is 0 Å². The van der Waals surface area contributed by atoms with Crippen LogP contribution in [0.5, 0.6) is 5.75 Å². The maximum atomic E-state index is 12.9. The number of methoxy groups -OCH3 is 2. The Labute approximate surface area is 179 Å². The van der Waals surface area contributed by atoms with E-state index in [-0.39, 0.29) is 21.7 Å². The molecule has 0 atom stereocenters. The van der Waals surface area contributed by atoms with Gasteiger partial charge in [0, 0.05) is 11.8 Å². The van der Waals surface area contributed by atoms with E-state index >= 15 is 0 Å². The van der Waals surface area contributed by atoms with E-state index in [1.54, 1.807) is 36.4 Å². The van der Waals surface area contributed by atoms with Crippen LogP contribution < -0.4 is 14.8 Å². The number of hydrogen-bond donors (Lipinski definition) is 2. The Balaban J connectivity index is 1.88. The SMILES string of the molecule is COC(=O)c1cccc(S(=O)(=O)Nc2ccccc2C(=O)Nc2cccc(OC)c2)c1. The molecule has 0 radical (unpaired) electrons. The van der Waals surface area contributed by atoms with Gasteiger partial charge in [-0.3, -0.25) is 9.52 Å². The van der Waals surface area contributed by atoms with E-state index in [1.807, 2.05) is 0 Å². The topological polar surface area (TPSA) is 111 Å². The normalized spacial score (nSPS) is 10.8. The Morgan fingerprint density at radius 3 is 2.35 bits per heavy atom. The molecule has 0 aliphatic rings. The first-order chi connectivity index (χ1) is 14.8. The molecular weight excluding hydrogens is 420 g/mol. The lowest BCUT2D eigenvalue weighted by atomic mass is 10.1. The van der Waals surface area contributed by atoms with Crippen LogP contribution in [0.15, 0.2) is 77.7 Å². The molecule has 1 amide bonds. The third-order valence-corrected chi connectivity index (χ3v) is 5.67. The summed E-state index contributed by atoms with van der Waals surface area (Å²) in [7, 11) is -1.35. The molecule has 9 heteroatoms. The molecule has 0 fully saturated rings. The van der Waals surface area contributed by atoms with Gasteiger partial charge >= 0.3 is 5.97 Å². The molecule has 2 N–H and O–H groups in total. The lowest BCUT2D eigenvalue weighted by Crippen LogP contribution is -2.19. The van der Waals surface area contributed by atoms with Crippen LogP contribution >= 0.6 is 0 Å². The third-order valence-electron chi connectivity index (χ3n) is 4.31. The number of carbonyl (C=O) groups is 2. The van der Waals surface area contributed by atoms with Gasteiger partial charge in [0.15, 0.2) is 0 Å². The van der Waals surface area contributed by atoms with E-state index in [0.717, 1.165) is 0 Å². The molecule has 0 unspecified atom stereocenters. The molecule has 0 aliphatic carbocycles. The van der Waals surface area contributed by atoms with Crippen molar-refractivity contribution in [3.05, 3.63) is 83.9 Å². The largest absolute Gasteiger partial charge is 0.497 e. The number of sulfonamides is 1. The highest BCUT2D eigenvalue weighted by Crippen LogP contribution is 2.23. The minimum Gasteiger partial charge on any atom is -0.497 e. The summed E-state index contributed by atoms with van der Waals surface area (Å²) >= 11 is 0. The summed E-state index contributed by atoms with van der Waals surface area (Å²) in [5.74, 6) is -0.595. The van der Waals surface area contributed by atoms with Gasteiger partial charge in [-0.1, -0.05) is 24.3 Å². The zero-order valence-corrected chi connectivity index (χ0v) is 17.6. The van der Waals surface area contributed by atoms with Gasteiger partial charge in [-0.15, -0.1) is 0 Å². The highest BCUT2D eigenvalue weighted by molar-refractivity contribution is 7.92. The number of nitrogens with one attached hydrogen (secondary N) is 2. The van der Waals surface area contributed by atoms with Gasteiger partial charge in [0.05, 0.1) is 35.9 Å². The first kappa shape index (κ1) is 21.8. The number of esters is 1. The number of para-hydroxylation sites is 1. The highest BCUT2D eigenvalue weighted by Gasteiger charge is 2.20. The molecule has 0 saturated heterocycles. The molecule has 0 heterocycles. The smallest absolute Gasteiger partial charge is 0.337 e. The second kappa shape index (κ2) is 9.31. The van der Waals surface area contributed by atoms with E-state index in [1.165, 1.54) is 50.6 Å². The number of anilines is 2. The number of ether oxygens (including phenoxy) is 2. The minimum absolute atomic E-state index is 0.0892. The van der Waals surface area contributed by atoms with Gasteiger partial charge in [0.2, 0.25) is 0 Å². The highest BCUT2D eigenvalue weighted by atomic mass is 32.2.